The Hall–Kier alpha value is -1.26. The van der Waals surface area contributed by atoms with Gasteiger partial charge >= 0.3 is 0 Å². The van der Waals surface area contributed by atoms with Crippen molar-refractivity contribution < 1.29 is 4.79 Å². The summed E-state index contributed by atoms with van der Waals surface area (Å²) in [6.07, 6.45) is 4.19. The van der Waals surface area contributed by atoms with E-state index in [1.807, 2.05) is 13.1 Å². The molecule has 1 fully saturated rings. The van der Waals surface area contributed by atoms with Crippen molar-refractivity contribution in [2.45, 2.75) is 45.2 Å². The van der Waals surface area contributed by atoms with Gasteiger partial charge in [-0.15, -0.1) is 12.4 Å². The number of hydrogen-bond donors (Lipinski definition) is 1. The molecule has 1 aliphatic heterocycles. The third-order valence-electron chi connectivity index (χ3n) is 4.14. The van der Waals surface area contributed by atoms with Crippen molar-refractivity contribution in [3.63, 3.8) is 0 Å². The summed E-state index contributed by atoms with van der Waals surface area (Å²) in [5.74, 6) is 0.0353. The maximum atomic E-state index is 12.3. The first kappa shape index (κ1) is 18.8. The van der Waals surface area contributed by atoms with E-state index in [0.29, 0.717) is 6.54 Å². The molecule has 1 unspecified atom stereocenters. The predicted molar refractivity (Wildman–Crippen MR) is 94.5 cm³/mol. The van der Waals surface area contributed by atoms with Crippen LogP contribution in [0.25, 0.3) is 0 Å². The van der Waals surface area contributed by atoms with Crippen LogP contribution in [0.15, 0.2) is 24.3 Å². The van der Waals surface area contributed by atoms with Gasteiger partial charge in [0.15, 0.2) is 0 Å². The summed E-state index contributed by atoms with van der Waals surface area (Å²) >= 11 is 0. The highest BCUT2D eigenvalue weighted by Crippen LogP contribution is 2.25. The molecule has 2 N–H and O–H groups in total. The van der Waals surface area contributed by atoms with Crippen LogP contribution in [0, 0.1) is 0 Å². The fourth-order valence-corrected chi connectivity index (χ4v) is 2.96. The molecule has 1 aromatic carbocycles. The number of anilines is 1. The number of rotatable bonds is 6. The highest BCUT2D eigenvalue weighted by Gasteiger charge is 2.20. The molecule has 124 valence electrons. The van der Waals surface area contributed by atoms with Gasteiger partial charge in [-0.2, -0.15) is 0 Å². The van der Waals surface area contributed by atoms with Crippen molar-refractivity contribution >= 4 is 24.0 Å². The summed E-state index contributed by atoms with van der Waals surface area (Å²) in [4.78, 5) is 16.4. The molecule has 1 aromatic rings. The third-order valence-corrected chi connectivity index (χ3v) is 4.14. The van der Waals surface area contributed by atoms with Crippen molar-refractivity contribution in [3.8, 4) is 0 Å². The minimum absolute atomic E-state index is 0. The van der Waals surface area contributed by atoms with E-state index in [9.17, 15) is 4.79 Å². The number of para-hydroxylation sites is 1. The predicted octanol–water partition coefficient (Wildman–Crippen LogP) is 2.79. The van der Waals surface area contributed by atoms with E-state index < -0.39 is 0 Å². The van der Waals surface area contributed by atoms with Crippen LogP contribution < -0.4 is 10.6 Å². The van der Waals surface area contributed by atoms with Crippen LogP contribution in [0.4, 0.5) is 5.69 Å². The quantitative estimate of drug-likeness (QED) is 0.875. The molecule has 0 spiro atoms. The van der Waals surface area contributed by atoms with Crippen molar-refractivity contribution in [2.75, 3.05) is 25.0 Å². The van der Waals surface area contributed by atoms with Crippen molar-refractivity contribution in [1.29, 1.82) is 0 Å². The normalized spacial score (nSPS) is 15.3. The first-order valence-corrected chi connectivity index (χ1v) is 7.97. The zero-order valence-corrected chi connectivity index (χ0v) is 14.4. The minimum Gasteiger partial charge on any atom is -0.371 e. The summed E-state index contributed by atoms with van der Waals surface area (Å²) in [7, 11) is 1.85. The molecule has 1 atom stereocenters. The molecule has 5 heteroatoms. The lowest BCUT2D eigenvalue weighted by Crippen LogP contribution is -2.41. The van der Waals surface area contributed by atoms with Gasteiger partial charge in [-0.05, 0) is 30.9 Å². The van der Waals surface area contributed by atoms with Crippen LogP contribution in [-0.4, -0.2) is 37.0 Å². The molecule has 0 bridgehead atoms. The molecule has 0 radical (unpaired) electrons. The lowest BCUT2D eigenvalue weighted by Gasteiger charge is -2.26. The fourth-order valence-electron chi connectivity index (χ4n) is 2.96. The number of nitrogens with zero attached hydrogens (tertiary/aromatic N) is 2. The summed E-state index contributed by atoms with van der Waals surface area (Å²) < 4.78 is 0. The van der Waals surface area contributed by atoms with Gasteiger partial charge in [0.25, 0.3) is 0 Å². The van der Waals surface area contributed by atoms with Gasteiger partial charge in [0.05, 0.1) is 6.04 Å². The van der Waals surface area contributed by atoms with Crippen LogP contribution in [-0.2, 0) is 11.3 Å². The lowest BCUT2D eigenvalue weighted by atomic mass is 10.1. The van der Waals surface area contributed by atoms with Gasteiger partial charge in [0.1, 0.15) is 0 Å². The molecule has 0 aliphatic carbocycles. The SMILES string of the molecule is CCCC(N)C(=O)N(C)Cc1ccccc1N1CCCC1.Cl. The smallest absolute Gasteiger partial charge is 0.239 e. The van der Waals surface area contributed by atoms with E-state index in [1.54, 1.807) is 4.90 Å². The van der Waals surface area contributed by atoms with E-state index in [-0.39, 0.29) is 24.4 Å². The topological polar surface area (TPSA) is 49.6 Å². The summed E-state index contributed by atoms with van der Waals surface area (Å²) in [5.41, 5.74) is 8.41. The van der Waals surface area contributed by atoms with Gasteiger partial charge in [-0.25, -0.2) is 0 Å². The summed E-state index contributed by atoms with van der Waals surface area (Å²) in [6.45, 7) is 4.91. The van der Waals surface area contributed by atoms with E-state index in [4.69, 9.17) is 5.73 Å². The summed E-state index contributed by atoms with van der Waals surface area (Å²) in [6, 6.07) is 8.01. The van der Waals surface area contributed by atoms with Crippen LogP contribution >= 0.6 is 12.4 Å². The maximum absolute atomic E-state index is 12.3. The molecule has 1 heterocycles. The molecule has 2 rings (SSSR count). The Balaban J connectivity index is 0.00000242. The van der Waals surface area contributed by atoms with Gasteiger partial charge in [0, 0.05) is 32.4 Å². The maximum Gasteiger partial charge on any atom is 0.239 e. The standard InChI is InChI=1S/C17H27N3O.ClH/c1-3-8-15(18)17(21)19(2)13-14-9-4-5-10-16(14)20-11-6-7-12-20;/h4-5,9-10,15H,3,6-8,11-13,18H2,1-2H3;1H. The number of carbonyl (C=O) groups excluding carboxylic acids is 1. The zero-order valence-electron chi connectivity index (χ0n) is 13.6. The number of amides is 1. The van der Waals surface area contributed by atoms with E-state index >= 15 is 0 Å². The number of benzene rings is 1. The molecular formula is C17H28ClN3O. The first-order valence-electron chi connectivity index (χ1n) is 7.97. The highest BCUT2D eigenvalue weighted by atomic mass is 35.5. The molecular weight excluding hydrogens is 298 g/mol. The molecule has 4 nitrogen and oxygen atoms in total. The average molecular weight is 326 g/mol. The van der Waals surface area contributed by atoms with Gasteiger partial charge in [-0.3, -0.25) is 4.79 Å². The highest BCUT2D eigenvalue weighted by molar-refractivity contribution is 5.85. The Kier molecular flexibility index (Phi) is 7.69. The second-order valence-corrected chi connectivity index (χ2v) is 5.91. The van der Waals surface area contributed by atoms with Crippen molar-refractivity contribution in [2.24, 2.45) is 5.73 Å². The van der Waals surface area contributed by atoms with Gasteiger partial charge in [-0.1, -0.05) is 31.5 Å². The Morgan fingerprint density at radius 2 is 1.95 bits per heavy atom. The number of likely N-dealkylation sites (N-methyl/N-ethyl adjacent to an activating group) is 1. The Morgan fingerprint density at radius 1 is 1.32 bits per heavy atom. The van der Waals surface area contributed by atoms with E-state index in [2.05, 4.69) is 30.0 Å². The monoisotopic (exact) mass is 325 g/mol. The number of halogens is 1. The third kappa shape index (κ3) is 4.62. The van der Waals surface area contributed by atoms with Crippen LogP contribution in [0.5, 0.6) is 0 Å². The molecule has 1 amide bonds. The van der Waals surface area contributed by atoms with E-state index in [0.717, 1.165) is 25.9 Å². The number of hydrogen-bond acceptors (Lipinski definition) is 3. The largest absolute Gasteiger partial charge is 0.371 e. The molecule has 0 saturated carbocycles. The first-order chi connectivity index (χ1) is 10.1. The molecule has 1 aliphatic rings. The number of carbonyl (C=O) groups is 1. The Labute approximate surface area is 140 Å². The Morgan fingerprint density at radius 3 is 2.59 bits per heavy atom. The van der Waals surface area contributed by atoms with Gasteiger partial charge in [0.2, 0.25) is 5.91 Å². The van der Waals surface area contributed by atoms with Crippen molar-refractivity contribution in [1.82, 2.24) is 4.90 Å². The fraction of sp³-hybridized carbons (Fsp3) is 0.588. The van der Waals surface area contributed by atoms with Crippen LogP contribution in [0.2, 0.25) is 0 Å². The number of nitrogens with two attached hydrogens (primary N) is 1. The summed E-state index contributed by atoms with van der Waals surface area (Å²) in [5, 5.41) is 0. The average Bonchev–Trinajstić information content (AvgIpc) is 3.01. The van der Waals surface area contributed by atoms with Crippen molar-refractivity contribution in [3.05, 3.63) is 29.8 Å². The zero-order chi connectivity index (χ0) is 15.2. The molecule has 22 heavy (non-hydrogen) atoms. The van der Waals surface area contributed by atoms with Crippen LogP contribution in [0.1, 0.15) is 38.2 Å². The molecule has 1 saturated heterocycles. The molecule has 0 aromatic heterocycles. The Bertz CT molecular complexity index is 475. The van der Waals surface area contributed by atoms with E-state index in [1.165, 1.54) is 24.1 Å². The lowest BCUT2D eigenvalue weighted by molar-refractivity contribution is -0.131. The van der Waals surface area contributed by atoms with Gasteiger partial charge < -0.3 is 15.5 Å². The van der Waals surface area contributed by atoms with Crippen LogP contribution in [0.3, 0.4) is 0 Å². The second kappa shape index (κ2) is 9.01. The minimum atomic E-state index is -0.376. The second-order valence-electron chi connectivity index (χ2n) is 5.91.